The first-order valence-corrected chi connectivity index (χ1v) is 10.2. The van der Waals surface area contributed by atoms with Gasteiger partial charge in [0.05, 0.1) is 25.7 Å². The second kappa shape index (κ2) is 10.2. The van der Waals surface area contributed by atoms with Crippen LogP contribution in [0.1, 0.15) is 25.7 Å². The topological polar surface area (TPSA) is 71.6 Å². The van der Waals surface area contributed by atoms with Gasteiger partial charge in [-0.05, 0) is 32.2 Å². The maximum Gasteiger partial charge on any atom is 0.409 e. The second-order valence-corrected chi connectivity index (χ2v) is 7.60. The van der Waals surface area contributed by atoms with E-state index in [4.69, 9.17) is 14.2 Å². The fraction of sp³-hybridized carbons (Fsp3) is 0.895. The Morgan fingerprint density at radius 1 is 0.963 bits per heavy atom. The normalized spacial score (nSPS) is 25.4. The Morgan fingerprint density at radius 2 is 1.70 bits per heavy atom. The first-order chi connectivity index (χ1) is 13.2. The molecule has 8 nitrogen and oxygen atoms in total. The van der Waals surface area contributed by atoms with Gasteiger partial charge in [-0.3, -0.25) is 9.69 Å². The zero-order valence-corrected chi connectivity index (χ0v) is 16.4. The van der Waals surface area contributed by atoms with Crippen LogP contribution in [0.4, 0.5) is 4.79 Å². The monoisotopic (exact) mass is 383 g/mol. The summed E-state index contributed by atoms with van der Waals surface area (Å²) in [6, 6.07) is 0.452. The molecule has 3 fully saturated rings. The van der Waals surface area contributed by atoms with Gasteiger partial charge in [0.1, 0.15) is 6.61 Å². The number of morpholine rings is 1. The largest absolute Gasteiger partial charge is 0.447 e. The second-order valence-electron chi connectivity index (χ2n) is 7.60. The minimum absolute atomic E-state index is 0.105. The van der Waals surface area contributed by atoms with Crippen molar-refractivity contribution in [1.29, 1.82) is 0 Å². The van der Waals surface area contributed by atoms with Crippen LogP contribution in [0.15, 0.2) is 0 Å². The van der Waals surface area contributed by atoms with Gasteiger partial charge >= 0.3 is 6.09 Å². The zero-order valence-electron chi connectivity index (χ0n) is 16.4. The first kappa shape index (κ1) is 20.4. The Hall–Kier alpha value is -1.38. The van der Waals surface area contributed by atoms with Crippen LogP contribution in [0.5, 0.6) is 0 Å². The predicted octanol–water partition coefficient (Wildman–Crippen LogP) is 0.805. The number of rotatable bonds is 5. The molecule has 0 aromatic heterocycles. The number of nitrogens with zero attached hydrogens (tertiary/aromatic N) is 3. The molecule has 0 aliphatic carbocycles. The lowest BCUT2D eigenvalue weighted by Gasteiger charge is -2.42. The summed E-state index contributed by atoms with van der Waals surface area (Å²) in [5.41, 5.74) is 0. The number of likely N-dealkylation sites (tertiary alicyclic amines) is 2. The van der Waals surface area contributed by atoms with Crippen molar-refractivity contribution in [2.75, 3.05) is 72.8 Å². The van der Waals surface area contributed by atoms with E-state index in [1.165, 1.54) is 0 Å². The number of hydrogen-bond donors (Lipinski definition) is 0. The van der Waals surface area contributed by atoms with Gasteiger partial charge in [0, 0.05) is 45.9 Å². The number of carbonyl (C=O) groups is 2. The maximum atomic E-state index is 12.8. The lowest BCUT2D eigenvalue weighted by molar-refractivity contribution is -0.141. The van der Waals surface area contributed by atoms with Crippen LogP contribution in [-0.2, 0) is 19.0 Å². The van der Waals surface area contributed by atoms with Crippen molar-refractivity contribution >= 4 is 12.0 Å². The molecule has 3 rings (SSSR count). The number of amides is 2. The van der Waals surface area contributed by atoms with E-state index in [1.807, 2.05) is 4.90 Å². The zero-order chi connectivity index (χ0) is 19.1. The molecule has 0 N–H and O–H groups in total. The highest BCUT2D eigenvalue weighted by Crippen LogP contribution is 2.25. The number of carbonyl (C=O) groups excluding carboxylic acids is 2. The molecule has 3 saturated heterocycles. The van der Waals surface area contributed by atoms with E-state index < -0.39 is 0 Å². The van der Waals surface area contributed by atoms with Gasteiger partial charge in [0.25, 0.3) is 0 Å². The van der Waals surface area contributed by atoms with Crippen LogP contribution < -0.4 is 0 Å². The lowest BCUT2D eigenvalue weighted by atomic mass is 9.93. The van der Waals surface area contributed by atoms with Gasteiger partial charge in [-0.2, -0.15) is 0 Å². The third kappa shape index (κ3) is 5.56. The predicted molar refractivity (Wildman–Crippen MR) is 99.5 cm³/mol. The molecule has 0 bridgehead atoms. The Labute approximate surface area is 161 Å². The highest BCUT2D eigenvalue weighted by Gasteiger charge is 2.34. The molecule has 0 radical (unpaired) electrons. The summed E-state index contributed by atoms with van der Waals surface area (Å²) in [6.07, 6.45) is 3.69. The van der Waals surface area contributed by atoms with Gasteiger partial charge in [-0.15, -0.1) is 0 Å². The van der Waals surface area contributed by atoms with E-state index in [1.54, 1.807) is 12.0 Å². The molecule has 8 heteroatoms. The third-order valence-electron chi connectivity index (χ3n) is 5.88. The maximum absolute atomic E-state index is 12.8. The fourth-order valence-electron chi connectivity index (χ4n) is 4.30. The molecule has 0 aromatic carbocycles. The first-order valence-electron chi connectivity index (χ1n) is 10.2. The molecule has 1 unspecified atom stereocenters. The molecule has 3 heterocycles. The number of ether oxygens (including phenoxy) is 3. The fourth-order valence-corrected chi connectivity index (χ4v) is 4.30. The van der Waals surface area contributed by atoms with Crippen LogP contribution in [0, 0.1) is 5.92 Å². The lowest BCUT2D eigenvalue weighted by Crippen LogP contribution is -2.53. The molecular formula is C19H33N3O5. The van der Waals surface area contributed by atoms with Crippen molar-refractivity contribution in [2.24, 2.45) is 5.92 Å². The average Bonchev–Trinajstić information content (AvgIpc) is 2.74. The molecule has 3 aliphatic heterocycles. The summed E-state index contributed by atoms with van der Waals surface area (Å²) in [4.78, 5) is 31.1. The van der Waals surface area contributed by atoms with Crippen LogP contribution in [-0.4, -0.2) is 106 Å². The Morgan fingerprint density at radius 3 is 2.41 bits per heavy atom. The number of methoxy groups -OCH3 is 1. The van der Waals surface area contributed by atoms with Gasteiger partial charge in [-0.25, -0.2) is 4.79 Å². The van der Waals surface area contributed by atoms with Gasteiger partial charge < -0.3 is 24.0 Å². The van der Waals surface area contributed by atoms with Crippen LogP contribution in [0.3, 0.4) is 0 Å². The Bertz CT molecular complexity index is 490. The molecule has 0 aromatic rings. The van der Waals surface area contributed by atoms with Gasteiger partial charge in [-0.1, -0.05) is 0 Å². The third-order valence-corrected chi connectivity index (χ3v) is 5.88. The van der Waals surface area contributed by atoms with Gasteiger partial charge in [0.2, 0.25) is 5.91 Å². The summed E-state index contributed by atoms with van der Waals surface area (Å²) in [5, 5.41) is 0. The number of hydrogen-bond acceptors (Lipinski definition) is 6. The summed E-state index contributed by atoms with van der Waals surface area (Å²) in [5.74, 6) is 0.399. The van der Waals surface area contributed by atoms with E-state index in [-0.39, 0.29) is 12.0 Å². The Kier molecular flexibility index (Phi) is 7.72. The highest BCUT2D eigenvalue weighted by atomic mass is 16.6. The van der Waals surface area contributed by atoms with Crippen LogP contribution in [0.25, 0.3) is 0 Å². The average molecular weight is 383 g/mol. The summed E-state index contributed by atoms with van der Waals surface area (Å²) < 4.78 is 15.5. The van der Waals surface area contributed by atoms with Crippen LogP contribution >= 0.6 is 0 Å². The van der Waals surface area contributed by atoms with E-state index in [2.05, 4.69) is 4.90 Å². The minimum atomic E-state index is -0.246. The van der Waals surface area contributed by atoms with Crippen molar-refractivity contribution in [3.8, 4) is 0 Å². The van der Waals surface area contributed by atoms with Crippen molar-refractivity contribution in [1.82, 2.24) is 14.7 Å². The van der Waals surface area contributed by atoms with Crippen molar-refractivity contribution in [3.63, 3.8) is 0 Å². The summed E-state index contributed by atoms with van der Waals surface area (Å²) >= 11 is 0. The SMILES string of the molecule is COCCOC(=O)N1CCC(N2CCCC(C(=O)N3CCOCC3)C2)CC1. The van der Waals surface area contributed by atoms with Crippen molar-refractivity contribution < 1.29 is 23.8 Å². The van der Waals surface area contributed by atoms with Crippen molar-refractivity contribution in [2.45, 2.75) is 31.7 Å². The van der Waals surface area contributed by atoms with Crippen LogP contribution in [0.2, 0.25) is 0 Å². The molecular weight excluding hydrogens is 350 g/mol. The van der Waals surface area contributed by atoms with Crippen molar-refractivity contribution in [3.05, 3.63) is 0 Å². The molecule has 3 aliphatic rings. The smallest absolute Gasteiger partial charge is 0.409 e. The molecule has 27 heavy (non-hydrogen) atoms. The standard InChI is InChI=1S/C19H33N3O5/c1-25-13-14-27-19(24)21-7-4-17(5-8-21)22-6-2-3-16(15-22)18(23)20-9-11-26-12-10-20/h16-17H,2-15H2,1H3. The van der Waals surface area contributed by atoms with E-state index in [9.17, 15) is 9.59 Å². The summed E-state index contributed by atoms with van der Waals surface area (Å²) in [6.45, 7) is 6.81. The van der Waals surface area contributed by atoms with Gasteiger partial charge in [0.15, 0.2) is 0 Å². The number of piperidine rings is 2. The van der Waals surface area contributed by atoms with E-state index in [0.29, 0.717) is 38.4 Å². The quantitative estimate of drug-likeness (QED) is 0.654. The minimum Gasteiger partial charge on any atom is -0.447 e. The Balaban J connectivity index is 1.44. The molecule has 0 spiro atoms. The van der Waals surface area contributed by atoms with E-state index in [0.717, 1.165) is 65.0 Å². The molecule has 1 atom stereocenters. The molecule has 0 saturated carbocycles. The highest BCUT2D eigenvalue weighted by molar-refractivity contribution is 5.79. The van der Waals surface area contributed by atoms with E-state index >= 15 is 0 Å². The molecule has 154 valence electrons. The summed E-state index contributed by atoms with van der Waals surface area (Å²) in [7, 11) is 1.59. The molecule has 2 amide bonds.